The van der Waals surface area contributed by atoms with Gasteiger partial charge in [0.25, 0.3) is 10.0 Å². The SMILES string of the molecule is CC(C)(CNC(=O)C1CCCN(S(=O)(=O)c2ccc(Br)s2)C1)N1CCCCC1. The zero-order chi connectivity index (χ0) is 20.4. The zero-order valence-electron chi connectivity index (χ0n) is 16.6. The van der Waals surface area contributed by atoms with Gasteiger partial charge in [0.05, 0.1) is 9.70 Å². The van der Waals surface area contributed by atoms with Crippen molar-refractivity contribution in [2.75, 3.05) is 32.7 Å². The predicted octanol–water partition coefficient (Wildman–Crippen LogP) is 3.29. The summed E-state index contributed by atoms with van der Waals surface area (Å²) < 4.78 is 28.3. The number of thiophene rings is 1. The third-order valence-corrected chi connectivity index (χ3v) is 9.76. The van der Waals surface area contributed by atoms with E-state index in [0.717, 1.165) is 23.3 Å². The van der Waals surface area contributed by atoms with Crippen molar-refractivity contribution in [2.24, 2.45) is 5.92 Å². The lowest BCUT2D eigenvalue weighted by Crippen LogP contribution is -2.54. The van der Waals surface area contributed by atoms with Crippen molar-refractivity contribution >= 4 is 43.2 Å². The molecular weight excluding hydrogens is 462 g/mol. The maximum Gasteiger partial charge on any atom is 0.252 e. The smallest absolute Gasteiger partial charge is 0.252 e. The number of carbonyl (C=O) groups is 1. The number of hydrogen-bond donors (Lipinski definition) is 1. The second-order valence-corrected chi connectivity index (χ2v) is 13.0. The highest BCUT2D eigenvalue weighted by molar-refractivity contribution is 9.11. The summed E-state index contributed by atoms with van der Waals surface area (Å²) in [6.07, 6.45) is 5.15. The van der Waals surface area contributed by atoms with Gasteiger partial charge in [-0.3, -0.25) is 9.69 Å². The Morgan fingerprint density at radius 1 is 1.21 bits per heavy atom. The molecule has 1 aromatic rings. The molecule has 2 aliphatic rings. The van der Waals surface area contributed by atoms with Crippen LogP contribution < -0.4 is 5.32 Å². The van der Waals surface area contributed by atoms with Gasteiger partial charge in [-0.15, -0.1) is 11.3 Å². The Kier molecular flexibility index (Phi) is 7.23. The topological polar surface area (TPSA) is 69.7 Å². The maximum absolute atomic E-state index is 12.9. The Morgan fingerprint density at radius 2 is 1.93 bits per heavy atom. The van der Waals surface area contributed by atoms with Crippen LogP contribution >= 0.6 is 27.3 Å². The molecule has 1 atom stereocenters. The molecule has 0 aromatic carbocycles. The van der Waals surface area contributed by atoms with Gasteiger partial charge in [0.15, 0.2) is 0 Å². The Balaban J connectivity index is 1.58. The first-order valence-corrected chi connectivity index (χ1v) is 13.0. The number of likely N-dealkylation sites (tertiary alicyclic amines) is 1. The molecule has 2 fully saturated rings. The van der Waals surface area contributed by atoms with E-state index in [1.165, 1.54) is 34.9 Å². The third-order valence-electron chi connectivity index (χ3n) is 5.80. The number of hydrogen-bond acceptors (Lipinski definition) is 5. The van der Waals surface area contributed by atoms with Crippen molar-refractivity contribution in [3.05, 3.63) is 15.9 Å². The minimum Gasteiger partial charge on any atom is -0.354 e. The summed E-state index contributed by atoms with van der Waals surface area (Å²) in [5.41, 5.74) is -0.0836. The van der Waals surface area contributed by atoms with Crippen molar-refractivity contribution in [3.63, 3.8) is 0 Å². The zero-order valence-corrected chi connectivity index (χ0v) is 19.8. The van der Waals surface area contributed by atoms with E-state index in [1.54, 1.807) is 12.1 Å². The average Bonchev–Trinajstić information content (AvgIpc) is 3.14. The van der Waals surface area contributed by atoms with Crippen LogP contribution in [0.15, 0.2) is 20.1 Å². The number of sulfonamides is 1. The first kappa shape index (κ1) is 22.2. The molecule has 1 N–H and O–H groups in total. The molecule has 3 heterocycles. The van der Waals surface area contributed by atoms with Gasteiger partial charge in [-0.2, -0.15) is 4.31 Å². The first-order chi connectivity index (χ1) is 13.2. The number of nitrogens with one attached hydrogen (secondary N) is 1. The second-order valence-electron chi connectivity index (χ2n) is 8.34. The van der Waals surface area contributed by atoms with Gasteiger partial charge in [-0.05, 0) is 80.7 Å². The Bertz CT molecular complexity index is 788. The molecule has 0 bridgehead atoms. The van der Waals surface area contributed by atoms with Crippen LogP contribution in [0.3, 0.4) is 0 Å². The quantitative estimate of drug-likeness (QED) is 0.662. The van der Waals surface area contributed by atoms with E-state index in [4.69, 9.17) is 0 Å². The highest BCUT2D eigenvalue weighted by atomic mass is 79.9. The van der Waals surface area contributed by atoms with Crippen molar-refractivity contribution < 1.29 is 13.2 Å². The number of piperidine rings is 2. The third kappa shape index (κ3) is 5.16. The molecule has 2 saturated heterocycles. The molecular formula is C19H30BrN3O3S2. The Hall–Kier alpha value is -0.480. The minimum absolute atomic E-state index is 0.0302. The fourth-order valence-corrected chi connectivity index (χ4v) is 7.69. The molecule has 28 heavy (non-hydrogen) atoms. The summed E-state index contributed by atoms with van der Waals surface area (Å²) >= 11 is 4.53. The van der Waals surface area contributed by atoms with Crippen LogP contribution in [0.25, 0.3) is 0 Å². The van der Waals surface area contributed by atoms with E-state index in [-0.39, 0.29) is 23.9 Å². The summed E-state index contributed by atoms with van der Waals surface area (Å²) in [6, 6.07) is 3.36. The fourth-order valence-electron chi connectivity index (χ4n) is 4.00. The molecule has 3 rings (SSSR count). The van der Waals surface area contributed by atoms with Crippen LogP contribution in [0.4, 0.5) is 0 Å². The van der Waals surface area contributed by atoms with E-state index in [1.807, 2.05) is 0 Å². The molecule has 0 aliphatic carbocycles. The Morgan fingerprint density at radius 3 is 2.57 bits per heavy atom. The number of halogens is 1. The number of carbonyl (C=O) groups excluding carboxylic acids is 1. The average molecular weight is 493 g/mol. The summed E-state index contributed by atoms with van der Waals surface area (Å²) in [4.78, 5) is 15.2. The molecule has 2 aliphatic heterocycles. The number of amides is 1. The summed E-state index contributed by atoms with van der Waals surface area (Å²) in [7, 11) is -3.53. The molecule has 6 nitrogen and oxygen atoms in total. The second kappa shape index (κ2) is 9.12. The van der Waals surface area contributed by atoms with Crippen LogP contribution in [0.5, 0.6) is 0 Å². The predicted molar refractivity (Wildman–Crippen MR) is 116 cm³/mol. The van der Waals surface area contributed by atoms with E-state index < -0.39 is 10.0 Å². The number of rotatable bonds is 6. The highest BCUT2D eigenvalue weighted by Crippen LogP contribution is 2.31. The molecule has 1 unspecified atom stereocenters. The van der Waals surface area contributed by atoms with Gasteiger partial charge >= 0.3 is 0 Å². The van der Waals surface area contributed by atoms with Gasteiger partial charge in [0.2, 0.25) is 5.91 Å². The van der Waals surface area contributed by atoms with Crippen LogP contribution in [0, 0.1) is 5.92 Å². The monoisotopic (exact) mass is 491 g/mol. The maximum atomic E-state index is 12.9. The van der Waals surface area contributed by atoms with Crippen molar-refractivity contribution in [1.82, 2.24) is 14.5 Å². The van der Waals surface area contributed by atoms with E-state index >= 15 is 0 Å². The number of nitrogens with zero attached hydrogens (tertiary/aromatic N) is 2. The van der Waals surface area contributed by atoms with Crippen LogP contribution in [0.2, 0.25) is 0 Å². The van der Waals surface area contributed by atoms with E-state index in [0.29, 0.717) is 23.7 Å². The lowest BCUT2D eigenvalue weighted by atomic mass is 9.96. The van der Waals surface area contributed by atoms with Crippen LogP contribution in [-0.2, 0) is 14.8 Å². The lowest BCUT2D eigenvalue weighted by Gasteiger charge is -2.41. The summed E-state index contributed by atoms with van der Waals surface area (Å²) in [6.45, 7) is 7.82. The molecule has 158 valence electrons. The first-order valence-electron chi connectivity index (χ1n) is 9.98. The van der Waals surface area contributed by atoms with Gasteiger partial charge in [-0.25, -0.2) is 8.42 Å². The van der Waals surface area contributed by atoms with Crippen molar-refractivity contribution in [2.45, 2.75) is 55.7 Å². The van der Waals surface area contributed by atoms with E-state index in [9.17, 15) is 13.2 Å². The standard InChI is InChI=1S/C19H30BrN3O3S2/c1-19(2,22-10-4-3-5-11-22)14-21-18(24)15-7-6-12-23(13-15)28(25,26)17-9-8-16(20)27-17/h8-9,15H,3-7,10-14H2,1-2H3,(H,21,24). The molecule has 0 radical (unpaired) electrons. The largest absolute Gasteiger partial charge is 0.354 e. The van der Waals surface area contributed by atoms with E-state index in [2.05, 4.69) is 40.0 Å². The van der Waals surface area contributed by atoms with Crippen molar-refractivity contribution in [3.8, 4) is 0 Å². The van der Waals surface area contributed by atoms with Gasteiger partial charge in [-0.1, -0.05) is 6.42 Å². The van der Waals surface area contributed by atoms with Gasteiger partial charge < -0.3 is 5.32 Å². The molecule has 0 spiro atoms. The molecule has 1 aromatic heterocycles. The normalized spacial score (nSPS) is 22.9. The van der Waals surface area contributed by atoms with Crippen molar-refractivity contribution in [1.29, 1.82) is 0 Å². The summed E-state index contributed by atoms with van der Waals surface area (Å²) in [5.74, 6) is -0.318. The molecule has 1 amide bonds. The van der Waals surface area contributed by atoms with Gasteiger partial charge in [0.1, 0.15) is 4.21 Å². The highest BCUT2D eigenvalue weighted by Gasteiger charge is 2.35. The van der Waals surface area contributed by atoms with Crippen LogP contribution in [0.1, 0.15) is 46.0 Å². The Labute approximate surface area is 180 Å². The minimum atomic E-state index is -3.53. The molecule has 0 saturated carbocycles. The van der Waals surface area contributed by atoms with Crippen LogP contribution in [-0.4, -0.2) is 61.8 Å². The fraction of sp³-hybridized carbons (Fsp3) is 0.737. The van der Waals surface area contributed by atoms with Gasteiger partial charge in [0, 0.05) is 25.2 Å². The summed E-state index contributed by atoms with van der Waals surface area (Å²) in [5, 5.41) is 3.10. The molecule has 9 heteroatoms. The lowest BCUT2D eigenvalue weighted by molar-refractivity contribution is -0.126.